The Bertz CT molecular complexity index is 1490. The molecule has 0 spiro atoms. The molecule has 4 N–H and O–H groups in total. The number of halogens is 4. The van der Waals surface area contributed by atoms with Gasteiger partial charge in [-0.3, -0.25) is 9.59 Å². The van der Waals surface area contributed by atoms with Crippen molar-refractivity contribution in [1.82, 2.24) is 9.88 Å². The number of ether oxygens (including phenoxy) is 1. The second kappa shape index (κ2) is 11.9. The minimum absolute atomic E-state index is 0.101. The summed E-state index contributed by atoms with van der Waals surface area (Å²) in [4.78, 5) is 37.9. The van der Waals surface area contributed by atoms with E-state index in [1.165, 1.54) is 28.8 Å². The third kappa shape index (κ3) is 6.87. The van der Waals surface area contributed by atoms with Gasteiger partial charge in [0.05, 0.1) is 19.0 Å². The molecule has 0 saturated carbocycles. The Balaban J connectivity index is 1.60. The standard InChI is InChI=1S/C27H25ClF3N3O6/c28-19-9-2-1-5-16(19)13-34-21-10-4-8-18(21)24(37)23(25(34)38)33-26(39)32-20(12-22(35)36)15-6-3-7-17(11-15)40-14-27(29,30)31/h1-3,5-7,9,11,20,37H,4,8,10,12-14H2,(H,35,36)(H2,32,33,39)/t20-/m0/s1. The first-order chi connectivity index (χ1) is 18.9. The molecule has 2 aromatic carbocycles. The average molecular weight is 580 g/mol. The van der Waals surface area contributed by atoms with E-state index in [9.17, 15) is 37.8 Å². The lowest BCUT2D eigenvalue weighted by Gasteiger charge is -2.21. The Morgan fingerprint density at radius 1 is 1.12 bits per heavy atom. The Kier molecular flexibility index (Phi) is 8.58. The van der Waals surface area contributed by atoms with Gasteiger partial charge in [0, 0.05) is 16.3 Å². The van der Waals surface area contributed by atoms with Crippen LogP contribution in [0, 0.1) is 0 Å². The van der Waals surface area contributed by atoms with Gasteiger partial charge in [0.25, 0.3) is 5.56 Å². The summed E-state index contributed by atoms with van der Waals surface area (Å²) in [6.45, 7) is -1.45. The average Bonchev–Trinajstić information content (AvgIpc) is 3.38. The van der Waals surface area contributed by atoms with Crippen LogP contribution in [-0.2, 0) is 24.2 Å². The van der Waals surface area contributed by atoms with Gasteiger partial charge in [0.15, 0.2) is 12.3 Å². The van der Waals surface area contributed by atoms with Crippen molar-refractivity contribution in [3.8, 4) is 11.5 Å². The van der Waals surface area contributed by atoms with Crippen molar-refractivity contribution < 1.29 is 37.7 Å². The first kappa shape index (κ1) is 28.8. The molecule has 0 aliphatic heterocycles. The lowest BCUT2D eigenvalue weighted by Crippen LogP contribution is -2.37. The molecule has 1 aliphatic carbocycles. The van der Waals surface area contributed by atoms with Gasteiger partial charge in [0.1, 0.15) is 11.5 Å². The number of amides is 2. The predicted molar refractivity (Wildman–Crippen MR) is 140 cm³/mol. The molecule has 2 amide bonds. The molecule has 0 bridgehead atoms. The monoisotopic (exact) mass is 579 g/mol. The van der Waals surface area contributed by atoms with Gasteiger partial charge in [0.2, 0.25) is 0 Å². The topological polar surface area (TPSA) is 130 Å². The second-order valence-corrected chi connectivity index (χ2v) is 9.62. The summed E-state index contributed by atoms with van der Waals surface area (Å²) in [7, 11) is 0. The highest BCUT2D eigenvalue weighted by Gasteiger charge is 2.29. The normalized spacial score (nSPS) is 13.4. The molecule has 9 nitrogen and oxygen atoms in total. The number of aromatic nitrogens is 1. The van der Waals surface area contributed by atoms with Crippen LogP contribution in [0.4, 0.5) is 23.7 Å². The van der Waals surface area contributed by atoms with Crippen molar-refractivity contribution in [2.24, 2.45) is 0 Å². The van der Waals surface area contributed by atoms with Crippen LogP contribution < -0.4 is 20.9 Å². The van der Waals surface area contributed by atoms with E-state index in [4.69, 9.17) is 16.3 Å². The third-order valence-electron chi connectivity index (χ3n) is 6.37. The molecule has 0 unspecified atom stereocenters. The van der Waals surface area contributed by atoms with Crippen LogP contribution in [-0.4, -0.2) is 39.6 Å². The summed E-state index contributed by atoms with van der Waals surface area (Å²) in [6.07, 6.45) is -3.49. The maximum Gasteiger partial charge on any atom is 0.422 e. The van der Waals surface area contributed by atoms with Crippen molar-refractivity contribution in [2.75, 3.05) is 11.9 Å². The number of fused-ring (bicyclic) bond motifs is 1. The van der Waals surface area contributed by atoms with Crippen LogP contribution in [0.15, 0.2) is 53.3 Å². The third-order valence-corrected chi connectivity index (χ3v) is 6.74. The van der Waals surface area contributed by atoms with E-state index in [0.29, 0.717) is 41.1 Å². The number of carbonyl (C=O) groups excluding carboxylic acids is 1. The molecule has 0 fully saturated rings. The number of pyridine rings is 1. The maximum atomic E-state index is 13.4. The van der Waals surface area contributed by atoms with Crippen molar-refractivity contribution >= 4 is 29.3 Å². The van der Waals surface area contributed by atoms with Gasteiger partial charge < -0.3 is 30.2 Å². The number of rotatable bonds is 9. The lowest BCUT2D eigenvalue weighted by atomic mass is 10.0. The number of benzene rings is 2. The number of nitrogens with zero attached hydrogens (tertiary/aromatic N) is 1. The highest BCUT2D eigenvalue weighted by molar-refractivity contribution is 6.31. The molecule has 1 heterocycles. The van der Waals surface area contributed by atoms with Gasteiger partial charge in [-0.15, -0.1) is 0 Å². The van der Waals surface area contributed by atoms with E-state index in [-0.39, 0.29) is 29.3 Å². The zero-order chi connectivity index (χ0) is 29.0. The summed E-state index contributed by atoms with van der Waals surface area (Å²) in [5.74, 6) is -1.85. The summed E-state index contributed by atoms with van der Waals surface area (Å²) in [6, 6.07) is 9.97. The molecule has 212 valence electrons. The van der Waals surface area contributed by atoms with Gasteiger partial charge in [-0.25, -0.2) is 4.79 Å². The maximum absolute atomic E-state index is 13.4. The summed E-state index contributed by atoms with van der Waals surface area (Å²) in [5, 5.41) is 25.4. The van der Waals surface area contributed by atoms with E-state index in [1.807, 2.05) is 0 Å². The van der Waals surface area contributed by atoms with Crippen LogP contribution >= 0.6 is 11.6 Å². The molecule has 40 heavy (non-hydrogen) atoms. The lowest BCUT2D eigenvalue weighted by molar-refractivity contribution is -0.153. The van der Waals surface area contributed by atoms with Crippen molar-refractivity contribution in [3.05, 3.63) is 86.3 Å². The fraction of sp³-hybridized carbons (Fsp3) is 0.296. The molecular formula is C27H25ClF3N3O6. The number of hydrogen-bond acceptors (Lipinski definition) is 5. The molecule has 13 heteroatoms. The van der Waals surface area contributed by atoms with Crippen LogP contribution in [0.2, 0.25) is 5.02 Å². The SMILES string of the molecule is O=C(O)C[C@H](NC(=O)Nc1c(O)c2c(n(Cc3ccccc3Cl)c1=O)CCC2)c1cccc(OCC(F)(F)F)c1. The van der Waals surface area contributed by atoms with Crippen LogP contribution in [0.3, 0.4) is 0 Å². The van der Waals surface area contributed by atoms with Crippen LogP contribution in [0.25, 0.3) is 0 Å². The van der Waals surface area contributed by atoms with Gasteiger partial charge in [-0.2, -0.15) is 13.2 Å². The Hall–Kier alpha value is -4.19. The van der Waals surface area contributed by atoms with Crippen molar-refractivity contribution in [3.63, 3.8) is 0 Å². The molecule has 1 aliphatic rings. The number of carboxylic acid groups (broad SMARTS) is 1. The van der Waals surface area contributed by atoms with Crippen LogP contribution in [0.1, 0.15) is 41.3 Å². The molecular weight excluding hydrogens is 555 g/mol. The van der Waals surface area contributed by atoms with E-state index in [1.54, 1.807) is 24.3 Å². The van der Waals surface area contributed by atoms with Crippen molar-refractivity contribution in [1.29, 1.82) is 0 Å². The molecule has 1 atom stereocenters. The van der Waals surface area contributed by atoms with E-state index >= 15 is 0 Å². The number of alkyl halides is 3. The van der Waals surface area contributed by atoms with Crippen LogP contribution in [0.5, 0.6) is 11.5 Å². The highest BCUT2D eigenvalue weighted by atomic mass is 35.5. The first-order valence-electron chi connectivity index (χ1n) is 12.2. The fourth-order valence-electron chi connectivity index (χ4n) is 4.59. The number of aliphatic carboxylic acids is 1. The number of anilines is 1. The number of carbonyl (C=O) groups is 2. The molecule has 0 saturated heterocycles. The van der Waals surface area contributed by atoms with E-state index < -0.39 is 42.8 Å². The zero-order valence-corrected chi connectivity index (χ0v) is 21.7. The molecule has 3 aromatic rings. The smallest absolute Gasteiger partial charge is 0.422 e. The Morgan fingerprint density at radius 3 is 2.58 bits per heavy atom. The van der Waals surface area contributed by atoms with Gasteiger partial charge >= 0.3 is 18.2 Å². The quantitative estimate of drug-likeness (QED) is 0.282. The highest BCUT2D eigenvalue weighted by Crippen LogP contribution is 2.34. The Labute approximate surface area is 231 Å². The molecule has 4 rings (SSSR count). The zero-order valence-electron chi connectivity index (χ0n) is 20.9. The first-order valence-corrected chi connectivity index (χ1v) is 12.6. The summed E-state index contributed by atoms with van der Waals surface area (Å²) in [5.41, 5.74) is 0.903. The van der Waals surface area contributed by atoms with Crippen molar-refractivity contribution in [2.45, 2.75) is 44.4 Å². The van der Waals surface area contributed by atoms with E-state index in [2.05, 4.69) is 10.6 Å². The Morgan fingerprint density at radius 2 is 1.88 bits per heavy atom. The number of urea groups is 1. The molecule has 0 radical (unpaired) electrons. The molecule has 1 aromatic heterocycles. The number of aromatic hydroxyl groups is 1. The number of carboxylic acids is 1. The second-order valence-electron chi connectivity index (χ2n) is 9.21. The predicted octanol–water partition coefficient (Wildman–Crippen LogP) is 5.02. The fourth-order valence-corrected chi connectivity index (χ4v) is 4.78. The summed E-state index contributed by atoms with van der Waals surface area (Å²) >= 11 is 6.29. The van der Waals surface area contributed by atoms with E-state index in [0.717, 1.165) is 0 Å². The minimum Gasteiger partial charge on any atom is -0.505 e. The van der Waals surface area contributed by atoms with Gasteiger partial charge in [-0.1, -0.05) is 41.9 Å². The number of hydrogen-bond donors (Lipinski definition) is 4. The minimum atomic E-state index is -4.58. The van der Waals surface area contributed by atoms with Gasteiger partial charge in [-0.05, 0) is 48.6 Å². The largest absolute Gasteiger partial charge is 0.505 e. The summed E-state index contributed by atoms with van der Waals surface area (Å²) < 4.78 is 43.8. The number of nitrogens with one attached hydrogen (secondary N) is 2.